The van der Waals surface area contributed by atoms with Crippen LogP contribution in [-0.4, -0.2) is 33.3 Å². The number of nitrogens with zero attached hydrogens (tertiary/aromatic N) is 3. The Labute approximate surface area is 162 Å². The van der Waals surface area contributed by atoms with Crippen molar-refractivity contribution in [1.29, 1.82) is 0 Å². The lowest BCUT2D eigenvalue weighted by molar-refractivity contribution is 0.0470. The predicted octanol–water partition coefficient (Wildman–Crippen LogP) is 4.16. The monoisotopic (exact) mass is 395 g/mol. The minimum Gasteiger partial charge on any atom is -0.452 e. The Morgan fingerprint density at radius 3 is 2.63 bits per heavy atom. The van der Waals surface area contributed by atoms with Gasteiger partial charge in [-0.3, -0.25) is 4.79 Å². The van der Waals surface area contributed by atoms with Crippen molar-refractivity contribution in [3.8, 4) is 10.7 Å². The molecule has 0 radical (unpaired) electrons. The quantitative estimate of drug-likeness (QED) is 0.373. The average molecular weight is 395 g/mol. The summed E-state index contributed by atoms with van der Waals surface area (Å²) in [5.41, 5.74) is 1.22. The summed E-state index contributed by atoms with van der Waals surface area (Å²) in [5, 5.41) is 0.580. The first kappa shape index (κ1) is 17.4. The number of para-hydroxylation sites is 1. The molecule has 3 aromatic heterocycles. The van der Waals surface area contributed by atoms with Gasteiger partial charge in [0.05, 0.1) is 15.1 Å². The van der Waals surface area contributed by atoms with Gasteiger partial charge in [-0.1, -0.05) is 12.1 Å². The van der Waals surface area contributed by atoms with Crippen molar-refractivity contribution in [2.24, 2.45) is 0 Å². The zero-order valence-electron chi connectivity index (χ0n) is 14.2. The van der Waals surface area contributed by atoms with Crippen molar-refractivity contribution >= 4 is 44.6 Å². The fraction of sp³-hybridized carbons (Fsp3) is 0.105. The zero-order valence-corrected chi connectivity index (χ0v) is 15.8. The smallest absolute Gasteiger partial charge is 0.359 e. The molecule has 0 aliphatic rings. The summed E-state index contributed by atoms with van der Waals surface area (Å²) in [6, 6.07) is 11.3. The summed E-state index contributed by atoms with van der Waals surface area (Å²) in [6.07, 6.45) is 2.91. The maximum Gasteiger partial charge on any atom is 0.359 e. The molecular weight excluding hydrogens is 382 g/mol. The van der Waals surface area contributed by atoms with Crippen molar-refractivity contribution in [2.45, 2.75) is 6.92 Å². The zero-order chi connectivity index (χ0) is 18.8. The van der Waals surface area contributed by atoms with E-state index in [1.807, 2.05) is 37.3 Å². The van der Waals surface area contributed by atoms with E-state index in [-0.39, 0.29) is 18.1 Å². The third-order valence-electron chi connectivity index (χ3n) is 3.74. The van der Waals surface area contributed by atoms with E-state index < -0.39 is 5.97 Å². The van der Waals surface area contributed by atoms with Gasteiger partial charge < -0.3 is 4.74 Å². The molecule has 0 amide bonds. The molecule has 0 atom stereocenters. The van der Waals surface area contributed by atoms with Gasteiger partial charge in [0.2, 0.25) is 5.78 Å². The standard InChI is InChI=1S/C19H13N3O3S2/c1-11-6-7-15(26-11)13(23)10-25-19(24)17-16(20-8-9-21-17)18-22-12-4-2-3-5-14(12)27-18/h2-9H,10H2,1H3. The van der Waals surface area contributed by atoms with Crippen LogP contribution in [0.3, 0.4) is 0 Å². The highest BCUT2D eigenvalue weighted by molar-refractivity contribution is 7.21. The number of carbonyl (C=O) groups is 2. The first-order valence-electron chi connectivity index (χ1n) is 8.05. The molecule has 8 heteroatoms. The van der Waals surface area contributed by atoms with E-state index in [0.717, 1.165) is 15.1 Å². The second-order valence-corrected chi connectivity index (χ2v) is 7.97. The van der Waals surface area contributed by atoms with Gasteiger partial charge in [0.1, 0.15) is 10.7 Å². The first-order chi connectivity index (χ1) is 13.1. The second kappa shape index (κ2) is 7.34. The lowest BCUT2D eigenvalue weighted by atomic mass is 10.3. The van der Waals surface area contributed by atoms with E-state index in [1.165, 1.54) is 35.1 Å². The highest BCUT2D eigenvalue weighted by Gasteiger charge is 2.21. The molecule has 134 valence electrons. The molecule has 0 fully saturated rings. The number of aromatic nitrogens is 3. The number of carbonyl (C=O) groups excluding carboxylic acids is 2. The highest BCUT2D eigenvalue weighted by Crippen LogP contribution is 2.30. The molecular formula is C19H13N3O3S2. The van der Waals surface area contributed by atoms with Gasteiger partial charge in [-0.05, 0) is 31.2 Å². The number of hydrogen-bond donors (Lipinski definition) is 0. The van der Waals surface area contributed by atoms with Crippen molar-refractivity contribution in [3.05, 3.63) is 64.2 Å². The maximum atomic E-state index is 12.5. The topological polar surface area (TPSA) is 82.0 Å². The summed E-state index contributed by atoms with van der Waals surface area (Å²) in [4.78, 5) is 39.1. The number of aryl methyl sites for hydroxylation is 1. The number of esters is 1. The molecule has 3 heterocycles. The van der Waals surface area contributed by atoms with E-state index in [2.05, 4.69) is 15.0 Å². The SMILES string of the molecule is Cc1ccc(C(=O)COC(=O)c2nccnc2-c2nc3ccccc3s2)s1. The van der Waals surface area contributed by atoms with Gasteiger partial charge in [0.15, 0.2) is 12.3 Å². The van der Waals surface area contributed by atoms with Gasteiger partial charge in [0, 0.05) is 17.3 Å². The second-order valence-electron chi connectivity index (χ2n) is 5.65. The molecule has 0 saturated carbocycles. The molecule has 0 N–H and O–H groups in total. The van der Waals surface area contributed by atoms with Crippen LogP contribution in [-0.2, 0) is 4.74 Å². The van der Waals surface area contributed by atoms with E-state index in [4.69, 9.17) is 4.74 Å². The lowest BCUT2D eigenvalue weighted by Gasteiger charge is -2.05. The van der Waals surface area contributed by atoms with Crippen LogP contribution < -0.4 is 0 Å². The predicted molar refractivity (Wildman–Crippen MR) is 104 cm³/mol. The van der Waals surface area contributed by atoms with E-state index >= 15 is 0 Å². The van der Waals surface area contributed by atoms with Gasteiger partial charge in [-0.2, -0.15) is 0 Å². The Bertz CT molecular complexity index is 1120. The number of ketones is 1. The minimum atomic E-state index is -0.695. The molecule has 0 saturated heterocycles. The van der Waals surface area contributed by atoms with Crippen LogP contribution in [0.25, 0.3) is 20.9 Å². The van der Waals surface area contributed by atoms with Crippen molar-refractivity contribution < 1.29 is 14.3 Å². The number of ether oxygens (including phenoxy) is 1. The Morgan fingerprint density at radius 2 is 1.85 bits per heavy atom. The lowest BCUT2D eigenvalue weighted by Crippen LogP contribution is -2.15. The van der Waals surface area contributed by atoms with E-state index in [9.17, 15) is 9.59 Å². The maximum absolute atomic E-state index is 12.5. The molecule has 0 aliphatic heterocycles. The van der Waals surface area contributed by atoms with Crippen molar-refractivity contribution in [2.75, 3.05) is 6.61 Å². The number of thiophene rings is 1. The third kappa shape index (κ3) is 3.62. The minimum absolute atomic E-state index is 0.0479. The van der Waals surface area contributed by atoms with Crippen molar-refractivity contribution in [1.82, 2.24) is 15.0 Å². The largest absolute Gasteiger partial charge is 0.452 e. The van der Waals surface area contributed by atoms with Gasteiger partial charge >= 0.3 is 5.97 Å². The van der Waals surface area contributed by atoms with Gasteiger partial charge in [-0.15, -0.1) is 22.7 Å². The molecule has 0 aliphatic carbocycles. The van der Waals surface area contributed by atoms with Crippen LogP contribution in [0.2, 0.25) is 0 Å². The Kier molecular flexibility index (Phi) is 4.74. The molecule has 27 heavy (non-hydrogen) atoms. The number of hydrogen-bond acceptors (Lipinski definition) is 8. The number of thiazole rings is 1. The number of rotatable bonds is 5. The summed E-state index contributed by atoms with van der Waals surface area (Å²) >= 11 is 2.79. The third-order valence-corrected chi connectivity index (χ3v) is 5.82. The highest BCUT2D eigenvalue weighted by atomic mass is 32.1. The fourth-order valence-corrected chi connectivity index (χ4v) is 4.23. The summed E-state index contributed by atoms with van der Waals surface area (Å²) in [7, 11) is 0. The first-order valence-corrected chi connectivity index (χ1v) is 9.69. The Balaban J connectivity index is 1.57. The summed E-state index contributed by atoms with van der Waals surface area (Å²) in [5.74, 6) is -0.939. The molecule has 6 nitrogen and oxygen atoms in total. The van der Waals surface area contributed by atoms with Crippen LogP contribution in [0.4, 0.5) is 0 Å². The summed E-state index contributed by atoms with van der Waals surface area (Å²) < 4.78 is 6.17. The molecule has 0 bridgehead atoms. The van der Waals surface area contributed by atoms with Crippen LogP contribution in [0, 0.1) is 6.92 Å². The number of fused-ring (bicyclic) bond motifs is 1. The summed E-state index contributed by atoms with van der Waals surface area (Å²) in [6.45, 7) is 1.58. The van der Waals surface area contributed by atoms with Gasteiger partial charge in [-0.25, -0.2) is 19.7 Å². The van der Waals surface area contributed by atoms with Gasteiger partial charge in [0.25, 0.3) is 0 Å². The van der Waals surface area contributed by atoms with Crippen LogP contribution in [0.5, 0.6) is 0 Å². The van der Waals surface area contributed by atoms with E-state index in [1.54, 1.807) is 6.07 Å². The van der Waals surface area contributed by atoms with E-state index in [0.29, 0.717) is 15.6 Å². The van der Waals surface area contributed by atoms with Crippen LogP contribution >= 0.6 is 22.7 Å². The van der Waals surface area contributed by atoms with Crippen LogP contribution in [0.1, 0.15) is 25.0 Å². The molecule has 0 unspecified atom stereocenters. The fourth-order valence-electron chi connectivity index (χ4n) is 2.47. The van der Waals surface area contributed by atoms with Crippen molar-refractivity contribution in [3.63, 3.8) is 0 Å². The molecule has 0 spiro atoms. The Hall–Kier alpha value is -2.97. The number of Topliss-reactive ketones (excluding diaryl/α,β-unsaturated/α-hetero) is 1. The average Bonchev–Trinajstić information content (AvgIpc) is 3.32. The Morgan fingerprint density at radius 1 is 1.04 bits per heavy atom. The normalized spacial score (nSPS) is 10.9. The van der Waals surface area contributed by atoms with Crippen LogP contribution in [0.15, 0.2) is 48.8 Å². The molecule has 1 aromatic carbocycles. The number of benzene rings is 1. The molecule has 4 aromatic rings. The molecule has 4 rings (SSSR count).